The number of nitrogen functional groups attached to an aromatic ring is 1. The van der Waals surface area contributed by atoms with Crippen molar-refractivity contribution in [2.75, 3.05) is 25.9 Å². The summed E-state index contributed by atoms with van der Waals surface area (Å²) in [5.74, 6) is -0.155. The number of hydrogen-bond donors (Lipinski definition) is 2. The van der Waals surface area contributed by atoms with E-state index < -0.39 is 6.09 Å². The summed E-state index contributed by atoms with van der Waals surface area (Å²) in [6.45, 7) is 1.05. The number of ether oxygens (including phenoxy) is 1. The highest BCUT2D eigenvalue weighted by molar-refractivity contribution is 7.13. The maximum atomic E-state index is 12.0. The summed E-state index contributed by atoms with van der Waals surface area (Å²) >= 11 is 1.24. The summed E-state index contributed by atoms with van der Waals surface area (Å²) in [5.41, 5.74) is 5.85. The molecular formula is C10H14N4O3S. The van der Waals surface area contributed by atoms with E-state index in [1.807, 2.05) is 0 Å². The number of methoxy groups -OCH3 is 1. The molecule has 1 unspecified atom stereocenters. The number of aromatic nitrogens is 1. The van der Waals surface area contributed by atoms with Crippen LogP contribution in [0.3, 0.4) is 0 Å². The van der Waals surface area contributed by atoms with E-state index in [0.29, 0.717) is 30.3 Å². The number of likely N-dealkylation sites (tertiary alicyclic amines) is 1. The lowest BCUT2D eigenvalue weighted by molar-refractivity contribution is 0.0783. The smallest absolute Gasteiger partial charge is 0.407 e. The lowest BCUT2D eigenvalue weighted by Gasteiger charge is -2.15. The molecule has 7 nitrogen and oxygen atoms in total. The second kappa shape index (κ2) is 5.21. The van der Waals surface area contributed by atoms with Gasteiger partial charge in [0.25, 0.3) is 5.91 Å². The Kier molecular flexibility index (Phi) is 3.66. The largest absolute Gasteiger partial charge is 0.453 e. The molecule has 0 aliphatic carbocycles. The van der Waals surface area contributed by atoms with Crippen molar-refractivity contribution in [3.05, 3.63) is 11.1 Å². The van der Waals surface area contributed by atoms with Crippen molar-refractivity contribution in [3.8, 4) is 0 Å². The SMILES string of the molecule is COC(=O)NC1CCN(C(=O)c2csc(N)n2)C1. The first kappa shape index (κ1) is 12.6. The van der Waals surface area contributed by atoms with E-state index in [0.717, 1.165) is 0 Å². The van der Waals surface area contributed by atoms with Gasteiger partial charge < -0.3 is 20.7 Å². The molecule has 3 N–H and O–H groups in total. The van der Waals surface area contributed by atoms with Crippen molar-refractivity contribution in [2.24, 2.45) is 0 Å². The fourth-order valence-corrected chi connectivity index (χ4v) is 2.37. The Morgan fingerprint density at radius 1 is 1.67 bits per heavy atom. The van der Waals surface area contributed by atoms with Crippen molar-refractivity contribution in [1.29, 1.82) is 0 Å². The molecule has 0 saturated carbocycles. The number of alkyl carbamates (subject to hydrolysis) is 1. The van der Waals surface area contributed by atoms with Gasteiger partial charge in [-0.05, 0) is 6.42 Å². The molecule has 1 aliphatic heterocycles. The number of amides is 2. The average Bonchev–Trinajstić information content (AvgIpc) is 2.97. The van der Waals surface area contributed by atoms with Gasteiger partial charge in [-0.3, -0.25) is 4.79 Å². The van der Waals surface area contributed by atoms with Gasteiger partial charge >= 0.3 is 6.09 Å². The minimum atomic E-state index is -0.479. The quantitative estimate of drug-likeness (QED) is 0.805. The molecular weight excluding hydrogens is 256 g/mol. The molecule has 2 heterocycles. The summed E-state index contributed by atoms with van der Waals surface area (Å²) in [6, 6.07) is -0.0719. The van der Waals surface area contributed by atoms with Crippen molar-refractivity contribution in [1.82, 2.24) is 15.2 Å². The number of hydrogen-bond acceptors (Lipinski definition) is 6. The number of nitrogens with one attached hydrogen (secondary N) is 1. The van der Waals surface area contributed by atoms with E-state index in [9.17, 15) is 9.59 Å². The highest BCUT2D eigenvalue weighted by Crippen LogP contribution is 2.17. The number of nitrogens with two attached hydrogens (primary N) is 1. The Bertz CT molecular complexity index is 462. The fraction of sp³-hybridized carbons (Fsp3) is 0.500. The molecule has 18 heavy (non-hydrogen) atoms. The number of carbonyl (C=O) groups is 2. The van der Waals surface area contributed by atoms with Crippen molar-refractivity contribution in [3.63, 3.8) is 0 Å². The molecule has 2 amide bonds. The normalized spacial score (nSPS) is 18.7. The van der Waals surface area contributed by atoms with Gasteiger partial charge in [-0.1, -0.05) is 0 Å². The summed E-state index contributed by atoms with van der Waals surface area (Å²) in [5, 5.41) is 4.69. The topological polar surface area (TPSA) is 97.5 Å². The Morgan fingerprint density at radius 2 is 2.44 bits per heavy atom. The molecule has 98 valence electrons. The highest BCUT2D eigenvalue weighted by atomic mass is 32.1. The summed E-state index contributed by atoms with van der Waals surface area (Å²) in [4.78, 5) is 28.7. The standard InChI is InChI=1S/C10H14N4O3S/c1-17-10(16)12-6-2-3-14(4-6)8(15)7-5-18-9(11)13-7/h5-6H,2-4H2,1H3,(H2,11,13)(H,12,16). The van der Waals surface area contributed by atoms with E-state index in [-0.39, 0.29) is 11.9 Å². The molecule has 0 radical (unpaired) electrons. The van der Waals surface area contributed by atoms with Crippen LogP contribution in [-0.2, 0) is 4.74 Å². The first-order valence-electron chi connectivity index (χ1n) is 5.45. The third-order valence-electron chi connectivity index (χ3n) is 2.72. The number of rotatable bonds is 2. The van der Waals surface area contributed by atoms with E-state index in [2.05, 4.69) is 15.0 Å². The third-order valence-corrected chi connectivity index (χ3v) is 3.40. The molecule has 1 atom stereocenters. The van der Waals surface area contributed by atoms with Crippen molar-refractivity contribution < 1.29 is 14.3 Å². The van der Waals surface area contributed by atoms with Crippen LogP contribution in [0.2, 0.25) is 0 Å². The zero-order chi connectivity index (χ0) is 13.1. The van der Waals surface area contributed by atoms with Crippen LogP contribution in [0.4, 0.5) is 9.93 Å². The van der Waals surface area contributed by atoms with E-state index >= 15 is 0 Å². The third kappa shape index (κ3) is 2.70. The minimum absolute atomic E-state index is 0.0719. The van der Waals surface area contributed by atoms with E-state index in [1.54, 1.807) is 10.3 Å². The summed E-state index contributed by atoms with van der Waals surface area (Å²) < 4.78 is 4.52. The molecule has 1 fully saturated rings. The van der Waals surface area contributed by atoms with Gasteiger partial charge in [-0.2, -0.15) is 0 Å². The fourth-order valence-electron chi connectivity index (χ4n) is 1.84. The highest BCUT2D eigenvalue weighted by Gasteiger charge is 2.29. The predicted molar refractivity (Wildman–Crippen MR) is 66.4 cm³/mol. The van der Waals surface area contributed by atoms with Crippen LogP contribution in [0.5, 0.6) is 0 Å². The molecule has 1 aromatic rings. The minimum Gasteiger partial charge on any atom is -0.453 e. The molecule has 1 aromatic heterocycles. The molecule has 0 aromatic carbocycles. The van der Waals surface area contributed by atoms with Crippen molar-refractivity contribution in [2.45, 2.75) is 12.5 Å². The number of nitrogens with zero attached hydrogens (tertiary/aromatic N) is 2. The summed E-state index contributed by atoms with van der Waals surface area (Å²) in [6.07, 6.45) is 0.229. The number of anilines is 1. The molecule has 1 aliphatic rings. The van der Waals surface area contributed by atoms with Crippen LogP contribution in [0.15, 0.2) is 5.38 Å². The Hall–Kier alpha value is -1.83. The molecule has 0 bridgehead atoms. The molecule has 8 heteroatoms. The van der Waals surface area contributed by atoms with Gasteiger partial charge in [0.2, 0.25) is 0 Å². The number of carbonyl (C=O) groups excluding carboxylic acids is 2. The lowest BCUT2D eigenvalue weighted by atomic mass is 10.3. The predicted octanol–water partition coefficient (Wildman–Crippen LogP) is 0.296. The van der Waals surface area contributed by atoms with E-state index in [1.165, 1.54) is 18.4 Å². The van der Waals surface area contributed by atoms with Crippen LogP contribution in [-0.4, -0.2) is 48.1 Å². The first-order valence-corrected chi connectivity index (χ1v) is 6.33. The van der Waals surface area contributed by atoms with Gasteiger partial charge in [-0.25, -0.2) is 9.78 Å². The van der Waals surface area contributed by atoms with E-state index in [4.69, 9.17) is 5.73 Å². The molecule has 1 saturated heterocycles. The molecule has 0 spiro atoms. The van der Waals surface area contributed by atoms with Gasteiger partial charge in [-0.15, -0.1) is 11.3 Å². The second-order valence-corrected chi connectivity index (χ2v) is 4.83. The van der Waals surface area contributed by atoms with Gasteiger partial charge in [0.15, 0.2) is 5.13 Å². The molecule has 2 rings (SSSR count). The number of thiazole rings is 1. The zero-order valence-corrected chi connectivity index (χ0v) is 10.7. The van der Waals surface area contributed by atoms with Gasteiger partial charge in [0.1, 0.15) is 5.69 Å². The van der Waals surface area contributed by atoms with Crippen LogP contribution >= 0.6 is 11.3 Å². The van der Waals surface area contributed by atoms with Crippen LogP contribution < -0.4 is 11.1 Å². The zero-order valence-electron chi connectivity index (χ0n) is 9.88. The Balaban J connectivity index is 1.92. The van der Waals surface area contributed by atoms with Gasteiger partial charge in [0, 0.05) is 18.5 Å². The average molecular weight is 270 g/mol. The van der Waals surface area contributed by atoms with Crippen molar-refractivity contribution >= 4 is 28.5 Å². The Labute approximate surface area is 108 Å². The summed E-state index contributed by atoms with van der Waals surface area (Å²) in [7, 11) is 1.31. The van der Waals surface area contributed by atoms with Crippen LogP contribution in [0, 0.1) is 0 Å². The monoisotopic (exact) mass is 270 g/mol. The van der Waals surface area contributed by atoms with Crippen LogP contribution in [0.25, 0.3) is 0 Å². The Morgan fingerprint density at radius 3 is 3.06 bits per heavy atom. The first-order chi connectivity index (χ1) is 8.60. The maximum absolute atomic E-state index is 12.0. The maximum Gasteiger partial charge on any atom is 0.407 e. The lowest BCUT2D eigenvalue weighted by Crippen LogP contribution is -2.38. The van der Waals surface area contributed by atoms with Crippen LogP contribution in [0.1, 0.15) is 16.9 Å². The second-order valence-electron chi connectivity index (χ2n) is 3.94. The van der Waals surface area contributed by atoms with Gasteiger partial charge in [0.05, 0.1) is 13.2 Å².